The molecule has 0 aromatic rings. The van der Waals surface area contributed by atoms with Crippen molar-refractivity contribution in [3.63, 3.8) is 0 Å². The monoisotopic (exact) mass is 847 g/mol. The Bertz CT molecular complexity index is 1140. The second kappa shape index (κ2) is 41.4. The molecule has 17 heteroatoms. The van der Waals surface area contributed by atoms with Crippen molar-refractivity contribution in [1.82, 2.24) is 10.6 Å². The Labute approximate surface area is 350 Å². The zero-order valence-electron chi connectivity index (χ0n) is 35.6. The highest BCUT2D eigenvalue weighted by atomic mass is 16.5. The Hall–Kier alpha value is -3.35. The van der Waals surface area contributed by atoms with Gasteiger partial charge in [-0.1, -0.05) is 64.2 Å². The van der Waals surface area contributed by atoms with Crippen LogP contribution >= 0.6 is 0 Å². The minimum atomic E-state index is -1.08. The van der Waals surface area contributed by atoms with Gasteiger partial charge in [0.2, 0.25) is 11.8 Å². The number of ether oxygens (including phenoxy) is 6. The Kier molecular flexibility index (Phi) is 39.0. The number of unbranched alkanes of at least 4 members (excludes halogenated alkanes) is 11. The zero-order chi connectivity index (χ0) is 43.6. The van der Waals surface area contributed by atoms with Gasteiger partial charge in [0.25, 0.3) is 0 Å². The fourth-order valence-corrected chi connectivity index (χ4v) is 5.70. The third-order valence-corrected chi connectivity index (χ3v) is 8.94. The van der Waals surface area contributed by atoms with Crippen LogP contribution in [0.25, 0.3) is 0 Å². The van der Waals surface area contributed by atoms with Crippen LogP contribution in [0.2, 0.25) is 0 Å². The van der Waals surface area contributed by atoms with E-state index in [9.17, 15) is 38.7 Å². The molecular weight excluding hydrogens is 772 g/mol. The number of carboxylic acids is 2. The molecule has 0 saturated heterocycles. The van der Waals surface area contributed by atoms with Crippen LogP contribution < -0.4 is 10.6 Å². The van der Waals surface area contributed by atoms with Gasteiger partial charge >= 0.3 is 11.9 Å². The van der Waals surface area contributed by atoms with Gasteiger partial charge in [-0.3, -0.25) is 33.6 Å². The molecule has 59 heavy (non-hydrogen) atoms. The molecule has 0 aliphatic heterocycles. The second-order valence-electron chi connectivity index (χ2n) is 14.5. The number of nitrogens with one attached hydrogen (secondary N) is 2. The molecule has 0 bridgehead atoms. The summed E-state index contributed by atoms with van der Waals surface area (Å²) in [6, 6.07) is 0. The van der Waals surface area contributed by atoms with Crippen LogP contribution in [0.15, 0.2) is 0 Å². The van der Waals surface area contributed by atoms with Gasteiger partial charge in [0, 0.05) is 51.8 Å². The van der Waals surface area contributed by atoms with E-state index in [1.807, 2.05) is 0 Å². The van der Waals surface area contributed by atoms with Crippen molar-refractivity contribution in [2.45, 2.75) is 129 Å². The molecule has 0 aromatic carbocycles. The smallest absolute Gasteiger partial charge is 0.306 e. The molecular formula is C42H74N2O15. The molecule has 0 aromatic heterocycles. The number of amides is 2. The third kappa shape index (κ3) is 42.6. The van der Waals surface area contributed by atoms with Crippen molar-refractivity contribution in [2.75, 3.05) is 92.4 Å². The van der Waals surface area contributed by atoms with Crippen molar-refractivity contribution >= 4 is 41.1 Å². The number of Topliss-reactive ketones (excluding diaryl/α,β-unsaturated/α-hetero) is 3. The highest BCUT2D eigenvalue weighted by Gasteiger charge is 2.22. The fraction of sp³-hybridized carbons (Fsp3) is 0.833. The van der Waals surface area contributed by atoms with Crippen LogP contribution in [0, 0.1) is 5.92 Å². The van der Waals surface area contributed by atoms with Crippen LogP contribution in [0.4, 0.5) is 0 Å². The molecule has 0 heterocycles. The van der Waals surface area contributed by atoms with Crippen LogP contribution in [0.1, 0.15) is 129 Å². The zero-order valence-corrected chi connectivity index (χ0v) is 35.6. The van der Waals surface area contributed by atoms with Crippen LogP contribution in [0.5, 0.6) is 0 Å². The third-order valence-electron chi connectivity index (χ3n) is 8.94. The second-order valence-corrected chi connectivity index (χ2v) is 14.5. The number of hydrogen-bond donors (Lipinski definition) is 4. The standard InChI is InChI=1S/C42H74N2O15/c1-35(45)32-57-28-26-56-24-21-44-40(49)34-59-30-25-54-22-14-16-38(47)33-58-29-27-55-23-20-43-39(48)19-18-36(42(52)53)31-37(46)15-12-10-8-6-4-2-3-5-7-9-11-13-17-41(50)51/h36H,2-34H2,1H3,(H,43,48)(H,44,49)(H,50,51)(H,52,53)/t36-/m1/s1. The van der Waals surface area contributed by atoms with Gasteiger partial charge in [-0.25, -0.2) is 0 Å². The fourth-order valence-electron chi connectivity index (χ4n) is 5.70. The summed E-state index contributed by atoms with van der Waals surface area (Å²) in [4.78, 5) is 81.3. The molecule has 0 fully saturated rings. The molecule has 0 spiro atoms. The molecule has 0 radical (unpaired) electrons. The molecule has 4 N–H and O–H groups in total. The highest BCUT2D eigenvalue weighted by Crippen LogP contribution is 2.17. The lowest BCUT2D eigenvalue weighted by Crippen LogP contribution is -2.31. The Morgan fingerprint density at radius 1 is 0.441 bits per heavy atom. The maximum atomic E-state index is 12.4. The molecule has 2 amide bonds. The average Bonchev–Trinajstić information content (AvgIpc) is 3.19. The largest absolute Gasteiger partial charge is 0.481 e. The summed E-state index contributed by atoms with van der Waals surface area (Å²) in [6.45, 7) is 4.43. The first-order chi connectivity index (χ1) is 28.5. The van der Waals surface area contributed by atoms with Crippen molar-refractivity contribution in [1.29, 1.82) is 0 Å². The molecule has 0 saturated carbocycles. The number of aliphatic carboxylic acids is 2. The molecule has 0 unspecified atom stereocenters. The lowest BCUT2D eigenvalue weighted by atomic mass is 9.94. The van der Waals surface area contributed by atoms with Gasteiger partial charge in [0.05, 0.1) is 58.8 Å². The molecule has 0 rings (SSSR count). The van der Waals surface area contributed by atoms with Gasteiger partial charge in [0.1, 0.15) is 25.6 Å². The number of rotatable bonds is 46. The minimum Gasteiger partial charge on any atom is -0.481 e. The van der Waals surface area contributed by atoms with E-state index < -0.39 is 17.9 Å². The van der Waals surface area contributed by atoms with Crippen LogP contribution in [0.3, 0.4) is 0 Å². The maximum absolute atomic E-state index is 12.4. The van der Waals surface area contributed by atoms with E-state index >= 15 is 0 Å². The molecule has 1 atom stereocenters. The van der Waals surface area contributed by atoms with E-state index in [4.69, 9.17) is 33.5 Å². The quantitative estimate of drug-likeness (QED) is 0.0627. The summed E-state index contributed by atoms with van der Waals surface area (Å²) in [5.74, 6) is -3.49. The lowest BCUT2D eigenvalue weighted by Gasteiger charge is -2.12. The lowest BCUT2D eigenvalue weighted by molar-refractivity contribution is -0.144. The number of carbonyl (C=O) groups is 7. The van der Waals surface area contributed by atoms with E-state index in [0.717, 1.165) is 57.8 Å². The Morgan fingerprint density at radius 2 is 0.881 bits per heavy atom. The maximum Gasteiger partial charge on any atom is 0.306 e. The normalized spacial score (nSPS) is 11.6. The van der Waals surface area contributed by atoms with Gasteiger partial charge in [-0.15, -0.1) is 0 Å². The predicted molar refractivity (Wildman–Crippen MR) is 218 cm³/mol. The summed E-state index contributed by atoms with van der Waals surface area (Å²) < 4.78 is 31.8. The number of carbonyl (C=O) groups excluding carboxylic acids is 5. The van der Waals surface area contributed by atoms with E-state index in [2.05, 4.69) is 10.6 Å². The van der Waals surface area contributed by atoms with Crippen LogP contribution in [-0.2, 0) is 62.0 Å². The summed E-state index contributed by atoms with van der Waals surface area (Å²) >= 11 is 0. The number of ketones is 3. The molecule has 0 aliphatic carbocycles. The topological polar surface area (TPSA) is 239 Å². The van der Waals surface area contributed by atoms with Crippen molar-refractivity contribution < 1.29 is 72.2 Å². The van der Waals surface area contributed by atoms with E-state index in [-0.39, 0.29) is 114 Å². The van der Waals surface area contributed by atoms with Crippen molar-refractivity contribution in [3.05, 3.63) is 0 Å². The van der Waals surface area contributed by atoms with Gasteiger partial charge in [-0.05, 0) is 32.6 Å². The first kappa shape index (κ1) is 55.7. The van der Waals surface area contributed by atoms with Gasteiger partial charge in [-0.2, -0.15) is 0 Å². The summed E-state index contributed by atoms with van der Waals surface area (Å²) in [5, 5.41) is 23.5. The molecule has 0 aliphatic rings. The van der Waals surface area contributed by atoms with E-state index in [0.29, 0.717) is 52.2 Å². The summed E-state index contributed by atoms with van der Waals surface area (Å²) in [6.07, 6.45) is 14.0. The summed E-state index contributed by atoms with van der Waals surface area (Å²) in [5.41, 5.74) is 0. The highest BCUT2D eigenvalue weighted by molar-refractivity contribution is 5.84. The van der Waals surface area contributed by atoms with Crippen molar-refractivity contribution in [3.8, 4) is 0 Å². The average molecular weight is 847 g/mol. The SMILES string of the molecule is CC(=O)COCCOCCNC(=O)COCCOCCCC(=O)COCCOCCNC(=O)CC[C@H](CC(=O)CCCCCCCCCCCCCCC(=O)O)C(=O)O. The Morgan fingerprint density at radius 3 is 1.41 bits per heavy atom. The summed E-state index contributed by atoms with van der Waals surface area (Å²) in [7, 11) is 0. The molecule has 17 nitrogen and oxygen atoms in total. The first-order valence-corrected chi connectivity index (χ1v) is 21.5. The molecule has 342 valence electrons. The minimum absolute atomic E-state index is 0.00144. The first-order valence-electron chi connectivity index (χ1n) is 21.5. The number of carboxylic acid groups (broad SMARTS) is 2. The number of hydrogen-bond acceptors (Lipinski definition) is 13. The van der Waals surface area contributed by atoms with Crippen LogP contribution in [-0.4, -0.2) is 144 Å². The van der Waals surface area contributed by atoms with Gasteiger partial charge in [0.15, 0.2) is 11.6 Å². The predicted octanol–water partition coefficient (Wildman–Crippen LogP) is 4.24. The van der Waals surface area contributed by atoms with Crippen molar-refractivity contribution in [2.24, 2.45) is 5.92 Å². The van der Waals surface area contributed by atoms with E-state index in [1.165, 1.54) is 26.2 Å². The van der Waals surface area contributed by atoms with E-state index in [1.54, 1.807) is 0 Å². The van der Waals surface area contributed by atoms with Gasteiger partial charge < -0.3 is 49.3 Å². The Balaban J connectivity index is 3.63.